The average molecular weight is 397 g/mol. The van der Waals surface area contributed by atoms with E-state index in [0.29, 0.717) is 0 Å². The molecule has 0 heterocycles. The summed E-state index contributed by atoms with van der Waals surface area (Å²) in [7, 11) is -3.45. The van der Waals surface area contributed by atoms with Crippen molar-refractivity contribution in [2.24, 2.45) is 0 Å². The molecule has 3 nitrogen and oxygen atoms in total. The predicted octanol–water partition coefficient (Wildman–Crippen LogP) is 4.89. The normalized spacial score (nSPS) is 12.4. The van der Waals surface area contributed by atoms with Crippen molar-refractivity contribution in [3.63, 3.8) is 0 Å². The zero-order valence-electron chi connectivity index (χ0n) is 13.8. The highest BCUT2D eigenvalue weighted by Crippen LogP contribution is 2.29. The third-order valence-electron chi connectivity index (χ3n) is 3.48. The van der Waals surface area contributed by atoms with Crippen LogP contribution in [0.4, 0.5) is 0 Å². The predicted molar refractivity (Wildman–Crippen MR) is 97.9 cm³/mol. The first-order valence-corrected chi connectivity index (χ1v) is 9.90. The van der Waals surface area contributed by atoms with Gasteiger partial charge in [-0.05, 0) is 45.9 Å². The lowest BCUT2D eigenvalue weighted by Crippen LogP contribution is -2.10. The Morgan fingerprint density at radius 3 is 2.13 bits per heavy atom. The van der Waals surface area contributed by atoms with Crippen LogP contribution in [0.5, 0.6) is 0 Å². The number of rotatable bonds is 4. The Morgan fingerprint density at radius 1 is 1.00 bits per heavy atom. The lowest BCUT2D eigenvalue weighted by molar-refractivity contribution is 0.311. The van der Waals surface area contributed by atoms with Gasteiger partial charge in [-0.2, -0.15) is 8.42 Å². The van der Waals surface area contributed by atoms with Crippen molar-refractivity contribution in [3.8, 4) is 11.1 Å². The first-order chi connectivity index (χ1) is 10.5. The molecule has 0 saturated heterocycles. The van der Waals surface area contributed by atoms with Crippen LogP contribution in [0.15, 0.2) is 46.9 Å². The van der Waals surface area contributed by atoms with Gasteiger partial charge in [0.05, 0.1) is 12.9 Å². The maximum atomic E-state index is 11.1. The van der Waals surface area contributed by atoms with Gasteiger partial charge >= 0.3 is 0 Å². The molecule has 0 unspecified atom stereocenters. The Labute approximate surface area is 146 Å². The van der Waals surface area contributed by atoms with Crippen molar-refractivity contribution in [3.05, 3.63) is 58.1 Å². The molecule has 2 aromatic rings. The third-order valence-corrected chi connectivity index (χ3v) is 4.49. The largest absolute Gasteiger partial charge is 0.265 e. The third kappa shape index (κ3) is 5.44. The topological polar surface area (TPSA) is 43.4 Å². The van der Waals surface area contributed by atoms with E-state index < -0.39 is 10.1 Å². The molecule has 0 amide bonds. The van der Waals surface area contributed by atoms with Gasteiger partial charge in [0, 0.05) is 4.47 Å². The lowest BCUT2D eigenvalue weighted by atomic mass is 9.86. The second-order valence-corrected chi connectivity index (χ2v) is 9.20. The van der Waals surface area contributed by atoms with E-state index >= 15 is 0 Å². The molecule has 2 rings (SSSR count). The van der Waals surface area contributed by atoms with Crippen molar-refractivity contribution in [2.45, 2.75) is 32.8 Å². The maximum absolute atomic E-state index is 11.1. The molecule has 0 radical (unpaired) electrons. The summed E-state index contributed by atoms with van der Waals surface area (Å²) in [6, 6.07) is 14.2. The summed E-state index contributed by atoms with van der Waals surface area (Å²) >= 11 is 3.47. The molecule has 0 saturated carbocycles. The summed E-state index contributed by atoms with van der Waals surface area (Å²) in [5.41, 5.74) is 4.30. The van der Waals surface area contributed by atoms with Gasteiger partial charge in [0.2, 0.25) is 0 Å². The molecule has 2 aromatic carbocycles. The van der Waals surface area contributed by atoms with Crippen molar-refractivity contribution >= 4 is 26.0 Å². The smallest absolute Gasteiger partial charge is 0.264 e. The van der Waals surface area contributed by atoms with Gasteiger partial charge in [-0.25, -0.2) is 0 Å². The van der Waals surface area contributed by atoms with Crippen LogP contribution >= 0.6 is 15.9 Å². The molecular formula is C18H21BrO3S. The fraction of sp³-hybridized carbons (Fsp3) is 0.333. The van der Waals surface area contributed by atoms with E-state index in [9.17, 15) is 8.42 Å². The number of halogens is 1. The molecule has 0 fully saturated rings. The molecule has 0 aromatic heterocycles. The molecule has 124 valence electrons. The van der Waals surface area contributed by atoms with Gasteiger partial charge in [-0.3, -0.25) is 4.18 Å². The van der Waals surface area contributed by atoms with Gasteiger partial charge in [0.1, 0.15) is 0 Å². The first kappa shape index (κ1) is 18.2. The highest BCUT2D eigenvalue weighted by molar-refractivity contribution is 9.10. The molecule has 0 aliphatic carbocycles. The van der Waals surface area contributed by atoms with E-state index in [1.807, 2.05) is 18.2 Å². The summed E-state index contributed by atoms with van der Waals surface area (Å²) in [6.07, 6.45) is 1.05. The van der Waals surface area contributed by atoms with Crippen LogP contribution in [0.3, 0.4) is 0 Å². The monoisotopic (exact) mass is 396 g/mol. The van der Waals surface area contributed by atoms with E-state index in [1.165, 1.54) is 5.56 Å². The zero-order chi connectivity index (χ0) is 17.3. The molecule has 0 aliphatic heterocycles. The van der Waals surface area contributed by atoms with E-state index in [2.05, 4.69) is 61.0 Å². The quantitative estimate of drug-likeness (QED) is 0.690. The van der Waals surface area contributed by atoms with Gasteiger partial charge < -0.3 is 0 Å². The zero-order valence-corrected chi connectivity index (χ0v) is 16.2. The van der Waals surface area contributed by atoms with Crippen LogP contribution in [-0.2, 0) is 26.3 Å². The lowest BCUT2D eigenvalue weighted by Gasteiger charge is -2.19. The Kier molecular flexibility index (Phi) is 5.33. The second-order valence-electron chi connectivity index (χ2n) is 6.64. The highest BCUT2D eigenvalue weighted by Gasteiger charge is 2.13. The molecule has 0 spiro atoms. The van der Waals surface area contributed by atoms with Crippen LogP contribution in [0.1, 0.15) is 31.9 Å². The summed E-state index contributed by atoms with van der Waals surface area (Å²) in [4.78, 5) is 0. The first-order valence-electron chi connectivity index (χ1n) is 7.29. The van der Waals surface area contributed by atoms with Crippen molar-refractivity contribution in [1.82, 2.24) is 0 Å². The number of hydrogen-bond acceptors (Lipinski definition) is 3. The number of benzene rings is 2. The van der Waals surface area contributed by atoms with Crippen LogP contribution < -0.4 is 0 Å². The highest BCUT2D eigenvalue weighted by atomic mass is 79.9. The van der Waals surface area contributed by atoms with Crippen molar-refractivity contribution in [2.75, 3.05) is 6.26 Å². The molecule has 0 bridgehead atoms. The van der Waals surface area contributed by atoms with Gasteiger partial charge in [-0.1, -0.05) is 61.0 Å². The minimum Gasteiger partial charge on any atom is -0.265 e. The average Bonchev–Trinajstić information content (AvgIpc) is 2.43. The second kappa shape index (κ2) is 6.75. The molecule has 23 heavy (non-hydrogen) atoms. The van der Waals surface area contributed by atoms with Gasteiger partial charge in [0.25, 0.3) is 10.1 Å². The Bertz CT molecular complexity index is 788. The van der Waals surface area contributed by atoms with Gasteiger partial charge in [-0.15, -0.1) is 0 Å². The van der Waals surface area contributed by atoms with E-state index in [0.717, 1.165) is 27.4 Å². The summed E-state index contributed by atoms with van der Waals surface area (Å²) in [6.45, 7) is 6.58. The van der Waals surface area contributed by atoms with Crippen LogP contribution in [-0.4, -0.2) is 14.7 Å². The van der Waals surface area contributed by atoms with E-state index in [4.69, 9.17) is 4.18 Å². The summed E-state index contributed by atoms with van der Waals surface area (Å²) in [5, 5.41) is 0. The van der Waals surface area contributed by atoms with Crippen LogP contribution in [0, 0.1) is 0 Å². The molecular weight excluding hydrogens is 376 g/mol. The van der Waals surface area contributed by atoms with E-state index in [-0.39, 0.29) is 12.0 Å². The molecule has 0 aliphatic rings. The summed E-state index contributed by atoms with van der Waals surface area (Å²) in [5.74, 6) is 0. The molecule has 0 atom stereocenters. The molecule has 5 heteroatoms. The van der Waals surface area contributed by atoms with Gasteiger partial charge in [0.15, 0.2) is 0 Å². The van der Waals surface area contributed by atoms with Crippen LogP contribution in [0.25, 0.3) is 11.1 Å². The van der Waals surface area contributed by atoms with Crippen molar-refractivity contribution in [1.29, 1.82) is 0 Å². The fourth-order valence-electron chi connectivity index (χ4n) is 2.24. The Balaban J connectivity index is 2.31. The van der Waals surface area contributed by atoms with Crippen molar-refractivity contribution < 1.29 is 12.6 Å². The standard InChI is InChI=1S/C18H21BrO3S/c1-18(2,3)16-7-5-14(6-8-16)15-9-13(10-17(19)11-15)12-22-23(4,20)21/h5-11H,12H2,1-4H3. The Hall–Kier alpha value is -1.17. The van der Waals surface area contributed by atoms with E-state index in [1.54, 1.807) is 0 Å². The Morgan fingerprint density at radius 2 is 1.61 bits per heavy atom. The minimum absolute atomic E-state index is 0.0331. The fourth-order valence-corrected chi connectivity index (χ4v) is 3.13. The number of hydrogen-bond donors (Lipinski definition) is 0. The summed E-state index contributed by atoms with van der Waals surface area (Å²) < 4.78 is 28.1. The SMILES string of the molecule is CC(C)(C)c1ccc(-c2cc(Br)cc(COS(C)(=O)=O)c2)cc1. The maximum Gasteiger partial charge on any atom is 0.264 e. The molecule has 0 N–H and O–H groups in total. The van der Waals surface area contributed by atoms with Crippen LogP contribution in [0.2, 0.25) is 0 Å². The minimum atomic E-state index is -3.45.